The van der Waals surface area contributed by atoms with Crippen molar-refractivity contribution in [2.75, 3.05) is 7.11 Å². The Morgan fingerprint density at radius 3 is 2.71 bits per heavy atom. The summed E-state index contributed by atoms with van der Waals surface area (Å²) in [6, 6.07) is 0. The number of imidazole rings is 1. The van der Waals surface area contributed by atoms with Gasteiger partial charge in [0.1, 0.15) is 6.10 Å². The first-order chi connectivity index (χ1) is 6.57. The molecular formula is C8H12N2O4. The molecule has 1 aromatic heterocycles. The van der Waals surface area contributed by atoms with E-state index in [0.717, 1.165) is 7.11 Å². The fourth-order valence-electron chi connectivity index (χ4n) is 1.06. The monoisotopic (exact) mass is 200 g/mol. The summed E-state index contributed by atoms with van der Waals surface area (Å²) in [5, 5.41) is 18.9. The zero-order valence-electron chi connectivity index (χ0n) is 7.91. The van der Waals surface area contributed by atoms with Crippen molar-refractivity contribution < 1.29 is 19.7 Å². The van der Waals surface area contributed by atoms with Crippen LogP contribution in [0.1, 0.15) is 11.8 Å². The van der Waals surface area contributed by atoms with Gasteiger partial charge in [-0.2, -0.15) is 0 Å². The second kappa shape index (κ2) is 4.21. The van der Waals surface area contributed by atoms with Gasteiger partial charge >= 0.3 is 5.97 Å². The molecule has 78 valence electrons. The zero-order chi connectivity index (χ0) is 10.7. The van der Waals surface area contributed by atoms with E-state index in [9.17, 15) is 15.0 Å². The molecule has 0 aliphatic heterocycles. The van der Waals surface area contributed by atoms with Gasteiger partial charge in [0.25, 0.3) is 0 Å². The highest BCUT2D eigenvalue weighted by Crippen LogP contribution is 2.16. The first-order valence-corrected chi connectivity index (χ1v) is 3.98. The summed E-state index contributed by atoms with van der Waals surface area (Å²) in [6.45, 7) is 0. The maximum Gasteiger partial charge on any atom is 0.337 e. The van der Waals surface area contributed by atoms with Crippen molar-refractivity contribution in [3.8, 4) is 0 Å². The standard InChI is InChI=1S/C8H12N2O4/c1-10-4-9-3-5(10)6(11)7(12)8(13)14-2/h3-4,6-7,11-12H,1-2H3. The molecule has 1 rings (SSSR count). The van der Waals surface area contributed by atoms with E-state index in [0.29, 0.717) is 5.69 Å². The Kier molecular flexibility index (Phi) is 3.21. The van der Waals surface area contributed by atoms with Crippen molar-refractivity contribution in [1.82, 2.24) is 9.55 Å². The number of aliphatic hydroxyl groups is 2. The van der Waals surface area contributed by atoms with Gasteiger partial charge in [-0.05, 0) is 0 Å². The van der Waals surface area contributed by atoms with Gasteiger partial charge in [-0.25, -0.2) is 9.78 Å². The smallest absolute Gasteiger partial charge is 0.337 e. The molecule has 2 unspecified atom stereocenters. The average molecular weight is 200 g/mol. The maximum atomic E-state index is 10.9. The van der Waals surface area contributed by atoms with Crippen LogP contribution < -0.4 is 0 Å². The summed E-state index contributed by atoms with van der Waals surface area (Å²) >= 11 is 0. The van der Waals surface area contributed by atoms with E-state index in [1.807, 2.05) is 0 Å². The van der Waals surface area contributed by atoms with Crippen LogP contribution in [0.5, 0.6) is 0 Å². The van der Waals surface area contributed by atoms with E-state index in [2.05, 4.69) is 9.72 Å². The molecule has 0 aliphatic carbocycles. The van der Waals surface area contributed by atoms with Gasteiger partial charge in [-0.3, -0.25) is 0 Å². The van der Waals surface area contributed by atoms with Crippen LogP contribution in [0.25, 0.3) is 0 Å². The lowest BCUT2D eigenvalue weighted by Gasteiger charge is -2.15. The van der Waals surface area contributed by atoms with Crippen LogP contribution in [0.3, 0.4) is 0 Å². The normalized spacial score (nSPS) is 14.9. The highest BCUT2D eigenvalue weighted by atomic mass is 16.5. The van der Waals surface area contributed by atoms with Gasteiger partial charge in [-0.15, -0.1) is 0 Å². The third kappa shape index (κ3) is 1.91. The van der Waals surface area contributed by atoms with Gasteiger partial charge in [-0.1, -0.05) is 0 Å². The summed E-state index contributed by atoms with van der Waals surface area (Å²) in [6.07, 6.45) is -0.0790. The first-order valence-electron chi connectivity index (χ1n) is 3.98. The predicted octanol–water partition coefficient (Wildman–Crippen LogP) is -1.01. The summed E-state index contributed by atoms with van der Waals surface area (Å²) in [4.78, 5) is 14.6. The van der Waals surface area contributed by atoms with E-state index in [-0.39, 0.29) is 0 Å². The Balaban J connectivity index is 2.80. The van der Waals surface area contributed by atoms with Crippen molar-refractivity contribution in [2.24, 2.45) is 7.05 Å². The second-order valence-corrected chi connectivity index (χ2v) is 2.84. The van der Waals surface area contributed by atoms with Gasteiger partial charge in [0.2, 0.25) is 0 Å². The maximum absolute atomic E-state index is 10.9. The number of carbonyl (C=O) groups is 1. The highest BCUT2D eigenvalue weighted by Gasteiger charge is 2.28. The molecule has 0 aliphatic rings. The third-order valence-corrected chi connectivity index (χ3v) is 1.90. The van der Waals surface area contributed by atoms with Crippen LogP contribution in [0.4, 0.5) is 0 Å². The SMILES string of the molecule is COC(=O)C(O)C(O)c1cncn1C. The van der Waals surface area contributed by atoms with Crippen molar-refractivity contribution in [3.05, 3.63) is 18.2 Å². The molecule has 1 heterocycles. The van der Waals surface area contributed by atoms with E-state index in [1.54, 1.807) is 7.05 Å². The molecule has 0 spiro atoms. The molecule has 0 saturated heterocycles. The molecule has 1 aromatic rings. The van der Waals surface area contributed by atoms with Crippen molar-refractivity contribution in [3.63, 3.8) is 0 Å². The van der Waals surface area contributed by atoms with Crippen LogP contribution >= 0.6 is 0 Å². The number of aryl methyl sites for hydroxylation is 1. The third-order valence-electron chi connectivity index (χ3n) is 1.90. The van der Waals surface area contributed by atoms with E-state index < -0.39 is 18.2 Å². The Morgan fingerprint density at radius 1 is 1.64 bits per heavy atom. The van der Waals surface area contributed by atoms with Crippen LogP contribution in [0.15, 0.2) is 12.5 Å². The van der Waals surface area contributed by atoms with E-state index in [1.165, 1.54) is 17.1 Å². The lowest BCUT2D eigenvalue weighted by molar-refractivity contribution is -0.157. The number of nitrogens with zero attached hydrogens (tertiary/aromatic N) is 2. The number of ether oxygens (including phenoxy) is 1. The molecule has 14 heavy (non-hydrogen) atoms. The van der Waals surface area contributed by atoms with Gasteiger partial charge in [0, 0.05) is 7.05 Å². The van der Waals surface area contributed by atoms with Crippen LogP contribution in [-0.2, 0) is 16.6 Å². The summed E-state index contributed by atoms with van der Waals surface area (Å²) < 4.78 is 5.80. The molecule has 2 atom stereocenters. The summed E-state index contributed by atoms with van der Waals surface area (Å²) in [5.41, 5.74) is 0.350. The Morgan fingerprint density at radius 2 is 2.29 bits per heavy atom. The molecule has 6 nitrogen and oxygen atoms in total. The molecule has 0 bridgehead atoms. The molecule has 0 radical (unpaired) electrons. The average Bonchev–Trinajstić information content (AvgIpc) is 2.61. The number of aromatic nitrogens is 2. The number of hydrogen-bond donors (Lipinski definition) is 2. The number of rotatable bonds is 3. The minimum absolute atomic E-state index is 0.350. The van der Waals surface area contributed by atoms with Crippen molar-refractivity contribution >= 4 is 5.97 Å². The van der Waals surface area contributed by atoms with Crippen LogP contribution in [-0.4, -0.2) is 38.9 Å². The molecule has 0 saturated carbocycles. The molecule has 0 fully saturated rings. The molecular weight excluding hydrogens is 188 g/mol. The van der Waals surface area contributed by atoms with E-state index >= 15 is 0 Å². The summed E-state index contributed by atoms with van der Waals surface area (Å²) in [7, 11) is 2.79. The quantitative estimate of drug-likeness (QED) is 0.610. The largest absolute Gasteiger partial charge is 0.467 e. The number of aliphatic hydroxyl groups excluding tert-OH is 2. The van der Waals surface area contributed by atoms with Crippen molar-refractivity contribution in [2.45, 2.75) is 12.2 Å². The fraction of sp³-hybridized carbons (Fsp3) is 0.500. The van der Waals surface area contributed by atoms with Gasteiger partial charge in [0.15, 0.2) is 6.10 Å². The van der Waals surface area contributed by atoms with E-state index in [4.69, 9.17) is 0 Å². The second-order valence-electron chi connectivity index (χ2n) is 2.84. The lowest BCUT2D eigenvalue weighted by Crippen LogP contribution is -2.30. The Hall–Kier alpha value is -1.40. The fourth-order valence-corrected chi connectivity index (χ4v) is 1.06. The van der Waals surface area contributed by atoms with Crippen LogP contribution in [0.2, 0.25) is 0 Å². The minimum atomic E-state index is -1.59. The molecule has 2 N–H and O–H groups in total. The number of methoxy groups -OCH3 is 1. The predicted molar refractivity (Wildman–Crippen MR) is 46.2 cm³/mol. The minimum Gasteiger partial charge on any atom is -0.467 e. The number of hydrogen-bond acceptors (Lipinski definition) is 5. The molecule has 0 amide bonds. The topological polar surface area (TPSA) is 84.6 Å². The van der Waals surface area contributed by atoms with Gasteiger partial charge in [0.05, 0.1) is 25.3 Å². The molecule has 6 heteroatoms. The van der Waals surface area contributed by atoms with Crippen molar-refractivity contribution in [1.29, 1.82) is 0 Å². The Labute approximate surface area is 80.8 Å². The molecule has 0 aromatic carbocycles. The first kappa shape index (κ1) is 10.7. The summed E-state index contributed by atoms with van der Waals surface area (Å²) in [5.74, 6) is -0.876. The highest BCUT2D eigenvalue weighted by molar-refractivity contribution is 5.75. The van der Waals surface area contributed by atoms with Crippen LogP contribution in [0, 0.1) is 0 Å². The zero-order valence-corrected chi connectivity index (χ0v) is 7.91. The number of esters is 1. The number of carbonyl (C=O) groups excluding carboxylic acids is 1. The Bertz CT molecular complexity index is 323. The van der Waals surface area contributed by atoms with Gasteiger partial charge < -0.3 is 19.5 Å². The lowest BCUT2D eigenvalue weighted by atomic mass is 10.1.